The molecule has 0 saturated carbocycles. The summed E-state index contributed by atoms with van der Waals surface area (Å²) >= 11 is 0.954. The van der Waals surface area contributed by atoms with Crippen molar-refractivity contribution in [3.8, 4) is 0 Å². The Labute approximate surface area is 110 Å². The Bertz CT molecular complexity index is 599. The van der Waals surface area contributed by atoms with Crippen molar-refractivity contribution in [2.45, 2.75) is 16.0 Å². The van der Waals surface area contributed by atoms with E-state index in [2.05, 4.69) is 4.98 Å². The van der Waals surface area contributed by atoms with Crippen LogP contribution < -0.4 is 5.73 Å². The van der Waals surface area contributed by atoms with Gasteiger partial charge in [0.25, 0.3) is 0 Å². The minimum absolute atomic E-state index is 0.113. The second kappa shape index (κ2) is 5.08. The van der Waals surface area contributed by atoms with Gasteiger partial charge in [0.15, 0.2) is 0 Å². The van der Waals surface area contributed by atoms with E-state index in [0.717, 1.165) is 24.0 Å². The number of hydrogen-bond acceptors (Lipinski definition) is 3. The van der Waals surface area contributed by atoms with Crippen LogP contribution in [-0.4, -0.2) is 4.98 Å². The number of benzene rings is 1. The lowest BCUT2D eigenvalue weighted by Gasteiger charge is -2.10. The van der Waals surface area contributed by atoms with E-state index in [4.69, 9.17) is 5.73 Å². The molecule has 0 radical (unpaired) electrons. The first-order chi connectivity index (χ1) is 8.86. The number of nitrogens with two attached hydrogens (primary N) is 1. The van der Waals surface area contributed by atoms with Crippen molar-refractivity contribution >= 4 is 17.4 Å². The molecular formula is C12H8F4N2S. The topological polar surface area (TPSA) is 38.9 Å². The SMILES string of the molecule is Nc1cnc(C(F)(F)F)cc1Sc1cccc(F)c1. The lowest BCUT2D eigenvalue weighted by atomic mass is 10.3. The number of anilines is 1. The van der Waals surface area contributed by atoms with Gasteiger partial charge in [-0.15, -0.1) is 0 Å². The standard InChI is InChI=1S/C12H8F4N2S/c13-7-2-1-3-8(4-7)19-10-5-11(12(14,15)16)18-6-9(10)17/h1-6H,17H2. The highest BCUT2D eigenvalue weighted by molar-refractivity contribution is 7.99. The summed E-state index contributed by atoms with van der Waals surface area (Å²) in [4.78, 5) is 3.88. The molecule has 2 rings (SSSR count). The Hall–Kier alpha value is -1.76. The summed E-state index contributed by atoms with van der Waals surface area (Å²) in [6.07, 6.45) is -3.59. The molecule has 0 aliphatic heterocycles. The van der Waals surface area contributed by atoms with E-state index >= 15 is 0 Å². The Kier molecular flexibility index (Phi) is 3.66. The summed E-state index contributed by atoms with van der Waals surface area (Å²) in [6.45, 7) is 0. The fraction of sp³-hybridized carbons (Fsp3) is 0.0833. The Morgan fingerprint density at radius 3 is 2.53 bits per heavy atom. The summed E-state index contributed by atoms with van der Waals surface area (Å²) in [5.74, 6) is -0.464. The van der Waals surface area contributed by atoms with Crippen molar-refractivity contribution in [3.05, 3.63) is 48.0 Å². The zero-order valence-corrected chi connectivity index (χ0v) is 10.2. The normalized spacial score (nSPS) is 11.6. The van der Waals surface area contributed by atoms with Gasteiger partial charge in [0, 0.05) is 9.79 Å². The lowest BCUT2D eigenvalue weighted by molar-refractivity contribution is -0.141. The van der Waals surface area contributed by atoms with Crippen LogP contribution in [-0.2, 0) is 6.18 Å². The summed E-state index contributed by atoms with van der Waals surface area (Å²) < 4.78 is 50.6. The van der Waals surface area contributed by atoms with E-state index in [1.807, 2.05) is 0 Å². The summed E-state index contributed by atoms with van der Waals surface area (Å²) in [5.41, 5.74) is 4.66. The molecule has 0 fully saturated rings. The monoisotopic (exact) mass is 288 g/mol. The number of nitrogen functional groups attached to an aromatic ring is 1. The van der Waals surface area contributed by atoms with E-state index in [1.165, 1.54) is 18.2 Å². The molecule has 100 valence electrons. The fourth-order valence-electron chi connectivity index (χ4n) is 1.35. The number of nitrogens with zero attached hydrogens (tertiary/aromatic N) is 1. The van der Waals surface area contributed by atoms with Crippen LogP contribution in [0, 0.1) is 5.82 Å². The molecule has 7 heteroatoms. The Morgan fingerprint density at radius 1 is 1.16 bits per heavy atom. The van der Waals surface area contributed by atoms with Gasteiger partial charge in [0.05, 0.1) is 11.9 Å². The molecule has 0 bridgehead atoms. The average molecular weight is 288 g/mol. The first-order valence-corrected chi connectivity index (χ1v) is 5.94. The Balaban J connectivity index is 2.34. The van der Waals surface area contributed by atoms with Gasteiger partial charge in [-0.05, 0) is 24.3 Å². The van der Waals surface area contributed by atoms with Gasteiger partial charge in [-0.1, -0.05) is 17.8 Å². The molecule has 0 amide bonds. The van der Waals surface area contributed by atoms with Crippen molar-refractivity contribution in [1.29, 1.82) is 0 Å². The molecule has 19 heavy (non-hydrogen) atoms. The maximum Gasteiger partial charge on any atom is 0.433 e. The molecule has 1 aromatic heterocycles. The zero-order chi connectivity index (χ0) is 14.0. The number of aromatic nitrogens is 1. The van der Waals surface area contributed by atoms with Gasteiger partial charge in [0.1, 0.15) is 11.5 Å². The van der Waals surface area contributed by atoms with E-state index in [-0.39, 0.29) is 10.6 Å². The van der Waals surface area contributed by atoms with Gasteiger partial charge in [-0.25, -0.2) is 9.37 Å². The Morgan fingerprint density at radius 2 is 1.89 bits per heavy atom. The minimum Gasteiger partial charge on any atom is -0.397 e. The predicted molar refractivity (Wildman–Crippen MR) is 64.2 cm³/mol. The molecule has 0 aliphatic rings. The molecule has 0 unspecified atom stereocenters. The molecule has 1 aromatic carbocycles. The van der Waals surface area contributed by atoms with E-state index in [1.54, 1.807) is 6.07 Å². The van der Waals surface area contributed by atoms with Gasteiger partial charge in [-0.3, -0.25) is 0 Å². The highest BCUT2D eigenvalue weighted by atomic mass is 32.2. The smallest absolute Gasteiger partial charge is 0.397 e. The molecule has 0 atom stereocenters. The van der Waals surface area contributed by atoms with Crippen LogP contribution in [0.15, 0.2) is 46.3 Å². The number of rotatable bonds is 2. The highest BCUT2D eigenvalue weighted by Gasteiger charge is 2.33. The third kappa shape index (κ3) is 3.37. The van der Waals surface area contributed by atoms with Crippen LogP contribution in [0.4, 0.5) is 23.2 Å². The molecule has 0 spiro atoms. The van der Waals surface area contributed by atoms with Gasteiger partial charge >= 0.3 is 6.18 Å². The van der Waals surface area contributed by atoms with Crippen molar-refractivity contribution in [2.24, 2.45) is 0 Å². The number of halogens is 4. The van der Waals surface area contributed by atoms with Gasteiger partial charge < -0.3 is 5.73 Å². The summed E-state index contributed by atoms with van der Waals surface area (Å²) in [5, 5.41) is 0. The van der Waals surface area contributed by atoms with Crippen LogP contribution in [0.25, 0.3) is 0 Å². The van der Waals surface area contributed by atoms with Crippen molar-refractivity contribution in [2.75, 3.05) is 5.73 Å². The van der Waals surface area contributed by atoms with Crippen molar-refractivity contribution in [1.82, 2.24) is 4.98 Å². The van der Waals surface area contributed by atoms with Crippen LogP contribution in [0.2, 0.25) is 0 Å². The minimum atomic E-state index is -4.54. The second-order valence-corrected chi connectivity index (χ2v) is 4.78. The maximum absolute atomic E-state index is 13.0. The number of hydrogen-bond donors (Lipinski definition) is 1. The first-order valence-electron chi connectivity index (χ1n) is 5.12. The third-order valence-corrected chi connectivity index (χ3v) is 3.27. The third-order valence-electron chi connectivity index (χ3n) is 2.21. The van der Waals surface area contributed by atoms with E-state index in [9.17, 15) is 17.6 Å². The van der Waals surface area contributed by atoms with E-state index in [0.29, 0.717) is 4.90 Å². The summed E-state index contributed by atoms with van der Waals surface area (Å²) in [6, 6.07) is 6.38. The van der Waals surface area contributed by atoms with E-state index < -0.39 is 17.7 Å². The highest BCUT2D eigenvalue weighted by Crippen LogP contribution is 2.36. The van der Waals surface area contributed by atoms with Crippen molar-refractivity contribution < 1.29 is 17.6 Å². The molecule has 2 N–H and O–H groups in total. The maximum atomic E-state index is 13.0. The van der Waals surface area contributed by atoms with Gasteiger partial charge in [-0.2, -0.15) is 13.2 Å². The van der Waals surface area contributed by atoms with Crippen molar-refractivity contribution in [3.63, 3.8) is 0 Å². The molecular weight excluding hydrogens is 280 g/mol. The second-order valence-electron chi connectivity index (χ2n) is 3.66. The zero-order valence-electron chi connectivity index (χ0n) is 9.41. The number of pyridine rings is 1. The largest absolute Gasteiger partial charge is 0.433 e. The molecule has 2 aromatic rings. The van der Waals surface area contributed by atoms with Crippen LogP contribution in [0.1, 0.15) is 5.69 Å². The average Bonchev–Trinajstić information content (AvgIpc) is 2.30. The molecule has 0 aliphatic carbocycles. The van der Waals surface area contributed by atoms with Gasteiger partial charge in [0.2, 0.25) is 0 Å². The number of alkyl halides is 3. The molecule has 0 saturated heterocycles. The molecule has 2 nitrogen and oxygen atoms in total. The predicted octanol–water partition coefficient (Wildman–Crippen LogP) is 3.97. The van der Waals surface area contributed by atoms with Crippen LogP contribution >= 0.6 is 11.8 Å². The van der Waals surface area contributed by atoms with Crippen LogP contribution in [0.5, 0.6) is 0 Å². The molecule has 1 heterocycles. The fourth-order valence-corrected chi connectivity index (χ4v) is 2.26. The first kappa shape index (κ1) is 13.7. The summed E-state index contributed by atoms with van der Waals surface area (Å²) in [7, 11) is 0. The van der Waals surface area contributed by atoms with Crippen LogP contribution in [0.3, 0.4) is 0 Å². The quantitative estimate of drug-likeness (QED) is 0.850. The lowest BCUT2D eigenvalue weighted by Crippen LogP contribution is -2.08.